The summed E-state index contributed by atoms with van der Waals surface area (Å²) in [6.45, 7) is 4.69. The van der Waals surface area contributed by atoms with E-state index in [0.29, 0.717) is 0 Å². The molecule has 5 aromatic carbocycles. The predicted octanol–water partition coefficient (Wildman–Crippen LogP) is 11.6. The molecular weight excluding hydrogens is 583 g/mol. The zero-order valence-corrected chi connectivity index (χ0v) is 27.1. The molecule has 0 atom stereocenters. The molecule has 3 nitrogen and oxygen atoms in total. The monoisotopic (exact) mass is 617 g/mol. The maximum Gasteiger partial charge on any atom is 0.137 e. The van der Waals surface area contributed by atoms with E-state index in [9.17, 15) is 0 Å². The van der Waals surface area contributed by atoms with Gasteiger partial charge in [0.15, 0.2) is 0 Å². The Morgan fingerprint density at radius 2 is 1.38 bits per heavy atom. The summed E-state index contributed by atoms with van der Waals surface area (Å²) >= 11 is 0. The van der Waals surface area contributed by atoms with Gasteiger partial charge in [0, 0.05) is 39.5 Å². The minimum Gasteiger partial charge on any atom is -0.309 e. The highest BCUT2D eigenvalue weighted by Crippen LogP contribution is 2.51. The van der Waals surface area contributed by atoms with Crippen molar-refractivity contribution in [3.63, 3.8) is 0 Å². The van der Waals surface area contributed by atoms with Crippen molar-refractivity contribution in [3.05, 3.63) is 186 Å². The summed E-state index contributed by atoms with van der Waals surface area (Å²) in [4.78, 5) is 7.13. The van der Waals surface area contributed by atoms with Crippen LogP contribution in [0.2, 0.25) is 0 Å². The molecule has 2 aromatic heterocycles. The molecule has 2 heterocycles. The minimum absolute atomic E-state index is 0.0895. The number of fused-ring (bicyclic) bond motifs is 6. The van der Waals surface area contributed by atoms with Gasteiger partial charge in [0.2, 0.25) is 0 Å². The van der Waals surface area contributed by atoms with E-state index >= 15 is 0 Å². The minimum atomic E-state index is -0.0895. The summed E-state index contributed by atoms with van der Waals surface area (Å²) in [5, 5.41) is 2.51. The molecule has 0 aliphatic heterocycles. The third-order valence-electron chi connectivity index (χ3n) is 10.1. The van der Waals surface area contributed by atoms with Gasteiger partial charge in [0.05, 0.1) is 11.0 Å². The summed E-state index contributed by atoms with van der Waals surface area (Å²) in [7, 11) is 0. The topological polar surface area (TPSA) is 21.1 Å². The Hall–Kier alpha value is -5.93. The van der Waals surface area contributed by atoms with Crippen LogP contribution in [-0.2, 0) is 5.41 Å². The molecule has 0 spiro atoms. The molecule has 0 N–H and O–H groups in total. The largest absolute Gasteiger partial charge is 0.309 e. The lowest BCUT2D eigenvalue weighted by atomic mass is 9.82. The Kier molecular flexibility index (Phi) is 6.55. The molecule has 0 unspecified atom stereocenters. The number of hydrogen-bond acceptors (Lipinski definition) is 2. The lowest BCUT2D eigenvalue weighted by molar-refractivity contribution is 0.660. The Morgan fingerprint density at radius 3 is 2.21 bits per heavy atom. The molecule has 7 aromatic rings. The van der Waals surface area contributed by atoms with Crippen LogP contribution in [-0.4, -0.2) is 9.55 Å². The summed E-state index contributed by atoms with van der Waals surface area (Å²) < 4.78 is 2.36. The highest BCUT2D eigenvalue weighted by molar-refractivity contribution is 6.10. The summed E-state index contributed by atoms with van der Waals surface area (Å²) in [5.41, 5.74) is 13.6. The fourth-order valence-corrected chi connectivity index (χ4v) is 7.74. The fourth-order valence-electron chi connectivity index (χ4n) is 7.74. The van der Waals surface area contributed by atoms with E-state index in [1.165, 1.54) is 60.9 Å². The van der Waals surface area contributed by atoms with E-state index in [4.69, 9.17) is 4.98 Å². The van der Waals surface area contributed by atoms with Gasteiger partial charge in [-0.3, -0.25) is 4.90 Å². The number of para-hydroxylation sites is 2. The molecule has 2 aliphatic rings. The maximum absolute atomic E-state index is 4.83. The van der Waals surface area contributed by atoms with Crippen LogP contribution >= 0.6 is 0 Å². The zero-order valence-electron chi connectivity index (χ0n) is 27.1. The van der Waals surface area contributed by atoms with E-state index in [1.54, 1.807) is 0 Å². The highest BCUT2D eigenvalue weighted by atomic mass is 15.2. The second-order valence-electron chi connectivity index (χ2n) is 13.2. The highest BCUT2D eigenvalue weighted by Gasteiger charge is 2.38. The Bertz CT molecular complexity index is 2420. The second kappa shape index (κ2) is 11.1. The second-order valence-corrected chi connectivity index (χ2v) is 13.2. The van der Waals surface area contributed by atoms with Crippen molar-refractivity contribution < 1.29 is 0 Å². The average Bonchev–Trinajstić information content (AvgIpc) is 3.44. The first-order valence-corrected chi connectivity index (χ1v) is 16.7. The Labute approximate surface area is 281 Å². The molecule has 3 heteroatoms. The van der Waals surface area contributed by atoms with Gasteiger partial charge in [-0.25, -0.2) is 4.98 Å². The van der Waals surface area contributed by atoms with E-state index in [2.05, 4.69) is 175 Å². The van der Waals surface area contributed by atoms with Gasteiger partial charge >= 0.3 is 0 Å². The Morgan fingerprint density at radius 1 is 0.646 bits per heavy atom. The van der Waals surface area contributed by atoms with Gasteiger partial charge < -0.3 is 4.57 Å². The quantitative estimate of drug-likeness (QED) is 0.192. The molecule has 0 amide bonds. The van der Waals surface area contributed by atoms with Crippen LogP contribution in [0.1, 0.15) is 31.4 Å². The molecule has 0 radical (unpaired) electrons. The number of pyridine rings is 1. The first kappa shape index (κ1) is 28.3. The lowest BCUT2D eigenvalue weighted by Crippen LogP contribution is -2.19. The van der Waals surface area contributed by atoms with Gasteiger partial charge in [-0.15, -0.1) is 0 Å². The third kappa shape index (κ3) is 4.46. The van der Waals surface area contributed by atoms with Gasteiger partial charge in [-0.1, -0.05) is 111 Å². The van der Waals surface area contributed by atoms with E-state index < -0.39 is 0 Å². The molecule has 0 saturated carbocycles. The summed E-state index contributed by atoms with van der Waals surface area (Å²) in [5.74, 6) is 0.903. The van der Waals surface area contributed by atoms with Crippen molar-refractivity contribution >= 4 is 38.9 Å². The lowest BCUT2D eigenvalue weighted by Gasteiger charge is -2.28. The van der Waals surface area contributed by atoms with Crippen molar-refractivity contribution in [2.45, 2.75) is 25.7 Å². The summed E-state index contributed by atoms with van der Waals surface area (Å²) in [6.07, 6.45) is 9.83. The van der Waals surface area contributed by atoms with Crippen LogP contribution in [0.25, 0.3) is 44.2 Å². The molecule has 9 rings (SSSR count). The van der Waals surface area contributed by atoms with Crippen LogP contribution in [0, 0.1) is 0 Å². The van der Waals surface area contributed by atoms with Crippen molar-refractivity contribution in [1.29, 1.82) is 0 Å². The number of allylic oxidation sites excluding steroid dienone is 5. The molecular formula is C45H35N3. The SMILES string of the molecule is CC1(C)C2=CC(N(c3ccc(-c4ccc5c(c4)c4ccccc4n5-c4ccccc4)cc3)c3ccccn3)=CCC=C2c2ccccc21. The standard InChI is InChI=1S/C45H35N3/c1-45(2)40-19-8-6-16-36(40)37-18-12-15-35(30-41(37)45)47(44-21-10-11-28-46-44)34-25-22-31(23-26-34)32-24-27-43-39(29-32)38-17-7-9-20-42(38)48(43)33-13-4-3-5-14-33/h3-11,13-30H,12H2,1-2H3. The van der Waals surface area contributed by atoms with Crippen LogP contribution < -0.4 is 4.90 Å². The van der Waals surface area contributed by atoms with Crippen molar-refractivity contribution in [1.82, 2.24) is 9.55 Å². The molecule has 2 aliphatic carbocycles. The van der Waals surface area contributed by atoms with Crippen LogP contribution in [0.15, 0.2) is 175 Å². The van der Waals surface area contributed by atoms with Gasteiger partial charge in [0.25, 0.3) is 0 Å². The number of rotatable bonds is 5. The first-order chi connectivity index (χ1) is 23.6. The smallest absolute Gasteiger partial charge is 0.137 e. The molecule has 0 fully saturated rings. The third-order valence-corrected chi connectivity index (χ3v) is 10.1. The number of aromatic nitrogens is 2. The van der Waals surface area contributed by atoms with Crippen molar-refractivity contribution in [2.75, 3.05) is 4.90 Å². The van der Waals surface area contributed by atoms with Crippen molar-refractivity contribution in [3.8, 4) is 16.8 Å². The number of anilines is 2. The van der Waals surface area contributed by atoms with Gasteiger partial charge in [-0.05, 0) is 100 Å². The van der Waals surface area contributed by atoms with E-state index in [1.807, 2.05) is 12.3 Å². The zero-order chi connectivity index (χ0) is 32.2. The molecule has 48 heavy (non-hydrogen) atoms. The van der Waals surface area contributed by atoms with Crippen LogP contribution in [0.5, 0.6) is 0 Å². The van der Waals surface area contributed by atoms with Gasteiger partial charge in [-0.2, -0.15) is 0 Å². The number of hydrogen-bond donors (Lipinski definition) is 0. The fraction of sp³-hybridized carbons (Fsp3) is 0.0889. The van der Waals surface area contributed by atoms with E-state index in [-0.39, 0.29) is 5.41 Å². The Balaban J connectivity index is 1.12. The molecule has 230 valence electrons. The maximum atomic E-state index is 4.83. The number of nitrogens with zero attached hydrogens (tertiary/aromatic N) is 3. The van der Waals surface area contributed by atoms with Crippen LogP contribution in [0.4, 0.5) is 11.5 Å². The van der Waals surface area contributed by atoms with Crippen LogP contribution in [0.3, 0.4) is 0 Å². The summed E-state index contributed by atoms with van der Waals surface area (Å²) in [6, 6.07) is 50.1. The normalized spacial score (nSPS) is 14.9. The molecule has 0 bridgehead atoms. The molecule has 0 saturated heterocycles. The van der Waals surface area contributed by atoms with E-state index in [0.717, 1.165) is 23.6 Å². The number of benzene rings is 5. The first-order valence-electron chi connectivity index (χ1n) is 16.7. The average molecular weight is 618 g/mol. The predicted molar refractivity (Wildman–Crippen MR) is 201 cm³/mol. The van der Waals surface area contributed by atoms with Crippen molar-refractivity contribution in [2.24, 2.45) is 0 Å². The van der Waals surface area contributed by atoms with Gasteiger partial charge in [0.1, 0.15) is 5.82 Å².